The molecule has 0 aliphatic rings. The van der Waals surface area contributed by atoms with E-state index in [1.807, 2.05) is 6.26 Å². The van der Waals surface area contributed by atoms with Gasteiger partial charge in [0.15, 0.2) is 5.96 Å². The molecule has 27 heteroatoms. The fourth-order valence-electron chi connectivity index (χ4n) is 7.31. The average molecular weight is 1060 g/mol. The Hall–Kier alpha value is -7.00. The lowest BCUT2D eigenvalue weighted by molar-refractivity contribution is -0.142. The standard InChI is InChI=1S/C47H76N14O12S/c1-25(2)19-34(43(70)57-33(39(49)66)21-29-23-52-24-54-29)58-42(69)32(10-8-17-53-47(50)51)56-44(71)35(20-28-11-13-30(63)14-12-28)59-41(68)31(9-6-7-16-48)55-45(72)36(22-37(64)65)60-46(73)38(27(4)62)61-40(67)26(3)15-18-74-5/h11-14,23-27,31-36,38,62-63H,6-10,15-22,48H2,1-5H3,(H2,49,66)(H,52,54)(H,55,72)(H,56,71)(H,57,70)(H,58,69)(H,59,68)(H,60,73)(H,61,67)(H,64,65)(H4,50,51,53)/t26-,27+,31-,32-,33-,34-,35-,36-,38-/m0/s1. The van der Waals surface area contributed by atoms with E-state index in [4.69, 9.17) is 22.6 Å². The van der Waals surface area contributed by atoms with Crippen molar-refractivity contribution in [1.29, 1.82) is 5.41 Å². The molecule has 0 unspecified atom stereocenters. The van der Waals surface area contributed by atoms with Crippen LogP contribution in [0.5, 0.6) is 5.75 Å². The first kappa shape index (κ1) is 63.1. The predicted molar refractivity (Wildman–Crippen MR) is 274 cm³/mol. The van der Waals surface area contributed by atoms with E-state index < -0.39 is 114 Å². The molecule has 0 aliphatic carbocycles. The molecule has 1 aromatic carbocycles. The van der Waals surface area contributed by atoms with Crippen molar-refractivity contribution in [1.82, 2.24) is 52.5 Å². The van der Waals surface area contributed by atoms with Gasteiger partial charge >= 0.3 is 5.97 Å². The van der Waals surface area contributed by atoms with Gasteiger partial charge in [0, 0.05) is 37.2 Å². The van der Waals surface area contributed by atoms with Crippen molar-refractivity contribution in [2.45, 2.75) is 140 Å². The van der Waals surface area contributed by atoms with Crippen molar-refractivity contribution in [3.8, 4) is 5.75 Å². The number of unbranched alkanes of at least 4 members (excludes halogenated alkanes) is 1. The third-order valence-corrected chi connectivity index (χ3v) is 12.1. The van der Waals surface area contributed by atoms with Crippen LogP contribution in [0.1, 0.15) is 90.3 Å². The number of aliphatic hydroxyl groups is 1. The van der Waals surface area contributed by atoms with Gasteiger partial charge in [-0.3, -0.25) is 48.6 Å². The summed E-state index contributed by atoms with van der Waals surface area (Å²) in [6.07, 6.45) is 3.09. The van der Waals surface area contributed by atoms with Gasteiger partial charge in [0.05, 0.1) is 18.9 Å². The van der Waals surface area contributed by atoms with Crippen LogP contribution in [0.4, 0.5) is 0 Å². The summed E-state index contributed by atoms with van der Waals surface area (Å²) < 4.78 is 0. The summed E-state index contributed by atoms with van der Waals surface area (Å²) in [5.74, 6) is -9.12. The number of carboxylic acid groups (broad SMARTS) is 1. The summed E-state index contributed by atoms with van der Waals surface area (Å²) in [6.45, 7) is 6.73. The molecule has 0 saturated carbocycles. The number of hydrogen-bond donors (Lipinski definition) is 16. The maximum Gasteiger partial charge on any atom is 0.305 e. The van der Waals surface area contributed by atoms with E-state index in [0.29, 0.717) is 29.9 Å². The second-order valence-electron chi connectivity index (χ2n) is 18.3. The molecule has 2 rings (SSSR count). The molecular weight excluding hydrogens is 985 g/mol. The van der Waals surface area contributed by atoms with Gasteiger partial charge in [-0.1, -0.05) is 32.9 Å². The Kier molecular flexibility index (Phi) is 28.1. The van der Waals surface area contributed by atoms with E-state index >= 15 is 0 Å². The molecule has 26 nitrogen and oxygen atoms in total. The van der Waals surface area contributed by atoms with Crippen LogP contribution in [0.15, 0.2) is 36.8 Å². The van der Waals surface area contributed by atoms with E-state index in [1.54, 1.807) is 20.8 Å². The van der Waals surface area contributed by atoms with Crippen molar-refractivity contribution < 1.29 is 58.5 Å². The summed E-state index contributed by atoms with van der Waals surface area (Å²) >= 11 is 1.51. The number of phenolic OH excluding ortho intramolecular Hbond substituents is 1. The highest BCUT2D eigenvalue weighted by molar-refractivity contribution is 7.98. The van der Waals surface area contributed by atoms with E-state index in [1.165, 1.54) is 55.5 Å². The van der Waals surface area contributed by atoms with Gasteiger partial charge in [-0.25, -0.2) is 4.98 Å². The average Bonchev–Trinajstić information content (AvgIpc) is 3.85. The van der Waals surface area contributed by atoms with Gasteiger partial charge in [-0.2, -0.15) is 11.8 Å². The molecule has 0 radical (unpaired) electrons. The Bertz CT molecular complexity index is 2170. The second kappa shape index (κ2) is 32.9. The lowest BCUT2D eigenvalue weighted by Gasteiger charge is -2.28. The minimum absolute atomic E-state index is 0.0278. The number of nitrogens with zero attached hydrogens (tertiary/aromatic N) is 1. The Labute approximate surface area is 434 Å². The number of nitrogens with one attached hydrogen (secondary N) is 10. The van der Waals surface area contributed by atoms with Crippen LogP contribution in [0.2, 0.25) is 0 Å². The van der Waals surface area contributed by atoms with Crippen LogP contribution in [-0.4, -0.2) is 158 Å². The number of carbonyl (C=O) groups is 9. The number of aromatic nitrogens is 2. The van der Waals surface area contributed by atoms with Crippen molar-refractivity contribution in [3.63, 3.8) is 0 Å². The van der Waals surface area contributed by atoms with Gasteiger partial charge in [-0.15, -0.1) is 0 Å². The molecule has 0 aliphatic heterocycles. The number of thioether (sulfide) groups is 1. The molecule has 1 aromatic heterocycles. The Morgan fingerprint density at radius 3 is 1.76 bits per heavy atom. The van der Waals surface area contributed by atoms with Crippen LogP contribution in [-0.2, 0) is 56.0 Å². The molecular formula is C47H76N14O12S. The zero-order valence-electron chi connectivity index (χ0n) is 42.5. The fraction of sp³-hybridized carbons (Fsp3) is 0.596. The van der Waals surface area contributed by atoms with E-state index in [9.17, 15) is 58.5 Å². The first-order valence-electron chi connectivity index (χ1n) is 24.3. The van der Waals surface area contributed by atoms with Gasteiger partial charge in [-0.05, 0) is 94.0 Å². The fourth-order valence-corrected chi connectivity index (χ4v) is 7.90. The number of H-pyrrole nitrogens is 1. The topological polar surface area (TPSA) is 441 Å². The number of primary amides is 1. The van der Waals surface area contributed by atoms with Gasteiger partial charge < -0.3 is 80.0 Å². The smallest absolute Gasteiger partial charge is 0.305 e. The highest BCUT2D eigenvalue weighted by Gasteiger charge is 2.36. The molecule has 0 spiro atoms. The maximum absolute atomic E-state index is 14.5. The highest BCUT2D eigenvalue weighted by atomic mass is 32.2. The van der Waals surface area contributed by atoms with Crippen LogP contribution in [0.3, 0.4) is 0 Å². The zero-order chi connectivity index (χ0) is 55.5. The first-order valence-corrected chi connectivity index (χ1v) is 25.7. The monoisotopic (exact) mass is 1060 g/mol. The third-order valence-electron chi connectivity index (χ3n) is 11.5. The number of aromatic hydroxyl groups is 1. The van der Waals surface area contributed by atoms with Crippen molar-refractivity contribution >= 4 is 70.9 Å². The molecule has 74 heavy (non-hydrogen) atoms. The number of rotatable bonds is 35. The van der Waals surface area contributed by atoms with Gasteiger partial charge in [0.2, 0.25) is 47.3 Å². The number of nitrogens with two attached hydrogens (primary N) is 3. The number of phenols is 1. The van der Waals surface area contributed by atoms with Crippen LogP contribution >= 0.6 is 11.8 Å². The number of imidazole rings is 1. The van der Waals surface area contributed by atoms with Crippen LogP contribution in [0, 0.1) is 17.2 Å². The summed E-state index contributed by atoms with van der Waals surface area (Å²) in [6, 6.07) is -4.60. The van der Waals surface area contributed by atoms with E-state index in [-0.39, 0.29) is 75.7 Å². The Morgan fingerprint density at radius 2 is 1.23 bits per heavy atom. The minimum Gasteiger partial charge on any atom is -0.508 e. The number of aliphatic hydroxyl groups excluding tert-OH is 1. The molecule has 0 bridgehead atoms. The molecule has 9 atom stereocenters. The molecule has 412 valence electrons. The zero-order valence-corrected chi connectivity index (χ0v) is 43.3. The van der Waals surface area contributed by atoms with Crippen molar-refractivity contribution in [2.75, 3.05) is 25.1 Å². The summed E-state index contributed by atoms with van der Waals surface area (Å²) in [5, 5.41) is 58.2. The second-order valence-corrected chi connectivity index (χ2v) is 19.3. The Morgan fingerprint density at radius 1 is 0.689 bits per heavy atom. The first-order chi connectivity index (χ1) is 34.9. The molecule has 19 N–H and O–H groups in total. The molecule has 1 heterocycles. The van der Waals surface area contributed by atoms with Gasteiger partial charge in [0.1, 0.15) is 48.0 Å². The summed E-state index contributed by atoms with van der Waals surface area (Å²) in [5.41, 5.74) is 17.7. The van der Waals surface area contributed by atoms with Crippen LogP contribution < -0.4 is 59.7 Å². The largest absolute Gasteiger partial charge is 0.508 e. The predicted octanol–water partition coefficient (Wildman–Crippen LogP) is -2.54. The molecule has 2 aromatic rings. The number of carbonyl (C=O) groups excluding carboxylic acids is 8. The maximum atomic E-state index is 14.5. The normalized spacial score (nSPS) is 14.8. The quantitative estimate of drug-likeness (QED) is 0.0192. The van der Waals surface area contributed by atoms with Crippen LogP contribution in [0.25, 0.3) is 0 Å². The van der Waals surface area contributed by atoms with Crippen molar-refractivity contribution in [2.24, 2.45) is 29.0 Å². The number of guanidine groups is 1. The summed E-state index contributed by atoms with van der Waals surface area (Å²) in [7, 11) is 0. The third kappa shape index (κ3) is 23.7. The van der Waals surface area contributed by atoms with E-state index in [2.05, 4.69) is 52.5 Å². The van der Waals surface area contributed by atoms with E-state index in [0.717, 1.165) is 0 Å². The molecule has 8 amide bonds. The van der Waals surface area contributed by atoms with Crippen molar-refractivity contribution in [3.05, 3.63) is 48.0 Å². The Balaban J connectivity index is 2.52. The molecule has 0 saturated heterocycles. The lowest BCUT2D eigenvalue weighted by atomic mass is 10.0. The molecule has 0 fully saturated rings. The number of aliphatic carboxylic acids is 1. The number of carboxylic acids is 1. The number of hydrogen-bond acceptors (Lipinski definition) is 15. The minimum atomic E-state index is -1.83. The number of amides is 8. The van der Waals surface area contributed by atoms with Gasteiger partial charge in [0.25, 0.3) is 0 Å². The lowest BCUT2D eigenvalue weighted by Crippen LogP contribution is -2.61. The number of aromatic amines is 1. The SMILES string of the molecule is CSCC[C@H](C)C(=O)N[C@H](C(=O)N[C@@H](CC(=O)O)C(=O)N[C@@H](CCCCN)C(=O)N[C@@H](Cc1ccc(O)cc1)C(=O)N[C@@H](CCCNC(=N)N)C(=O)N[C@@H](CC(C)C)C(=O)N[C@@H](Cc1cnc[nH]1)C(N)=O)[C@@H](C)O. The highest BCUT2D eigenvalue weighted by Crippen LogP contribution is 2.15. The summed E-state index contributed by atoms with van der Waals surface area (Å²) in [4.78, 5) is 128. The number of benzene rings is 1.